The van der Waals surface area contributed by atoms with Crippen molar-refractivity contribution in [1.82, 2.24) is 0 Å². The van der Waals surface area contributed by atoms with Crippen LogP contribution in [0.4, 0.5) is 17.1 Å². The Labute approximate surface area is 134 Å². The summed E-state index contributed by atoms with van der Waals surface area (Å²) in [6.07, 6.45) is 0. The van der Waals surface area contributed by atoms with Gasteiger partial charge in [-0.1, -0.05) is 33.6 Å². The Balaban J connectivity index is 2.02. The van der Waals surface area contributed by atoms with Gasteiger partial charge < -0.3 is 16.4 Å². The zero-order chi connectivity index (χ0) is 15.4. The Hall–Kier alpha value is -2.05. The van der Waals surface area contributed by atoms with Crippen LogP contribution in [0.15, 0.2) is 46.9 Å². The lowest BCUT2D eigenvalue weighted by molar-refractivity contribution is -0.132. The molecule has 0 aliphatic carbocycles. The fourth-order valence-electron chi connectivity index (χ4n) is 1.55. The maximum atomic E-state index is 11.8. The summed E-state index contributed by atoms with van der Waals surface area (Å²) in [6, 6.07) is 11.5. The molecule has 2 amide bonds. The lowest BCUT2D eigenvalue weighted by Gasteiger charge is -2.08. The Morgan fingerprint density at radius 2 is 1.62 bits per heavy atom. The number of nitrogens with one attached hydrogen (secondary N) is 2. The van der Waals surface area contributed by atoms with E-state index in [9.17, 15) is 9.59 Å². The number of rotatable bonds is 2. The molecule has 2 rings (SSSR count). The van der Waals surface area contributed by atoms with Gasteiger partial charge in [-0.3, -0.25) is 9.59 Å². The van der Waals surface area contributed by atoms with E-state index < -0.39 is 11.8 Å². The minimum Gasteiger partial charge on any atom is -0.398 e. The molecule has 0 bridgehead atoms. The van der Waals surface area contributed by atoms with E-state index in [0.717, 1.165) is 4.47 Å². The highest BCUT2D eigenvalue weighted by Crippen LogP contribution is 2.22. The Morgan fingerprint density at radius 1 is 1.00 bits per heavy atom. The number of nitrogen functional groups attached to an aromatic ring is 1. The van der Waals surface area contributed by atoms with Crippen LogP contribution in [-0.2, 0) is 9.59 Å². The Bertz CT molecular complexity index is 706. The zero-order valence-corrected chi connectivity index (χ0v) is 13.0. The van der Waals surface area contributed by atoms with Crippen LogP contribution in [0.5, 0.6) is 0 Å². The van der Waals surface area contributed by atoms with Crippen LogP contribution in [0.2, 0.25) is 5.02 Å². The van der Waals surface area contributed by atoms with Crippen LogP contribution in [0, 0.1) is 0 Å². The van der Waals surface area contributed by atoms with Crippen LogP contribution in [0.3, 0.4) is 0 Å². The van der Waals surface area contributed by atoms with Gasteiger partial charge in [-0.25, -0.2) is 0 Å². The number of amides is 2. The molecule has 21 heavy (non-hydrogen) atoms. The fraction of sp³-hybridized carbons (Fsp3) is 0. The van der Waals surface area contributed by atoms with Gasteiger partial charge in [-0.15, -0.1) is 0 Å². The van der Waals surface area contributed by atoms with Gasteiger partial charge in [0.25, 0.3) is 0 Å². The third-order valence-corrected chi connectivity index (χ3v) is 3.37. The third kappa shape index (κ3) is 4.21. The molecule has 4 N–H and O–H groups in total. The summed E-state index contributed by atoms with van der Waals surface area (Å²) in [5, 5.41) is 5.24. The molecule has 2 aromatic rings. The molecule has 108 valence electrons. The third-order valence-electron chi connectivity index (χ3n) is 2.55. The quantitative estimate of drug-likeness (QED) is 0.562. The van der Waals surface area contributed by atoms with Crippen molar-refractivity contribution in [2.24, 2.45) is 0 Å². The first-order valence-electron chi connectivity index (χ1n) is 5.88. The van der Waals surface area contributed by atoms with Crippen molar-refractivity contribution >= 4 is 56.4 Å². The van der Waals surface area contributed by atoms with Gasteiger partial charge in [-0.05, 0) is 36.4 Å². The van der Waals surface area contributed by atoms with Crippen LogP contribution in [0.25, 0.3) is 0 Å². The number of hydrogen-bond donors (Lipinski definition) is 3. The molecule has 0 atom stereocenters. The monoisotopic (exact) mass is 367 g/mol. The van der Waals surface area contributed by atoms with Gasteiger partial charge in [-0.2, -0.15) is 0 Å². The molecule has 0 aliphatic rings. The van der Waals surface area contributed by atoms with E-state index in [2.05, 4.69) is 26.6 Å². The molecular formula is C14H11BrClN3O2. The van der Waals surface area contributed by atoms with E-state index in [1.165, 1.54) is 6.07 Å². The number of carbonyl (C=O) groups is 2. The summed E-state index contributed by atoms with van der Waals surface area (Å²) in [5.41, 5.74) is 6.87. The van der Waals surface area contributed by atoms with Crippen molar-refractivity contribution in [3.05, 3.63) is 52.0 Å². The van der Waals surface area contributed by atoms with Gasteiger partial charge in [0.15, 0.2) is 0 Å². The average molecular weight is 369 g/mol. The standard InChI is InChI=1S/C14H11BrClN3O2/c15-8-2-1-3-9(6-8)18-13(20)14(21)19-10-4-5-12(17)11(16)7-10/h1-7H,17H2,(H,18,20)(H,19,21). The summed E-state index contributed by atoms with van der Waals surface area (Å²) in [4.78, 5) is 23.6. The number of benzene rings is 2. The average Bonchev–Trinajstić information content (AvgIpc) is 2.43. The predicted octanol–water partition coefficient (Wildman–Crippen LogP) is 3.26. The Kier molecular flexibility index (Phi) is 4.82. The van der Waals surface area contributed by atoms with E-state index in [1.807, 2.05) is 6.07 Å². The van der Waals surface area contributed by atoms with Crippen LogP contribution < -0.4 is 16.4 Å². The summed E-state index contributed by atoms with van der Waals surface area (Å²) in [6.45, 7) is 0. The first kappa shape index (κ1) is 15.3. The molecule has 0 aromatic heterocycles. The lowest BCUT2D eigenvalue weighted by atomic mass is 10.3. The first-order chi connectivity index (χ1) is 9.95. The van der Waals surface area contributed by atoms with Crippen LogP contribution >= 0.6 is 27.5 Å². The largest absolute Gasteiger partial charge is 0.398 e. The second-order valence-electron chi connectivity index (χ2n) is 4.15. The van der Waals surface area contributed by atoms with E-state index in [4.69, 9.17) is 17.3 Å². The smallest absolute Gasteiger partial charge is 0.314 e. The van der Waals surface area contributed by atoms with Crippen molar-refractivity contribution in [1.29, 1.82) is 0 Å². The van der Waals surface area contributed by atoms with Crippen LogP contribution in [0.1, 0.15) is 0 Å². The topological polar surface area (TPSA) is 84.2 Å². The number of hydrogen-bond acceptors (Lipinski definition) is 3. The fourth-order valence-corrected chi connectivity index (χ4v) is 2.13. The molecule has 0 aliphatic heterocycles. The van der Waals surface area contributed by atoms with Crippen molar-refractivity contribution in [3.8, 4) is 0 Å². The summed E-state index contributed by atoms with van der Waals surface area (Å²) >= 11 is 9.12. The van der Waals surface area contributed by atoms with Crippen molar-refractivity contribution in [2.45, 2.75) is 0 Å². The van der Waals surface area contributed by atoms with Crippen molar-refractivity contribution in [3.63, 3.8) is 0 Å². The van der Waals surface area contributed by atoms with Gasteiger partial charge >= 0.3 is 11.8 Å². The number of nitrogens with two attached hydrogens (primary N) is 1. The van der Waals surface area contributed by atoms with E-state index >= 15 is 0 Å². The maximum absolute atomic E-state index is 11.8. The molecular weight excluding hydrogens is 358 g/mol. The summed E-state index contributed by atoms with van der Waals surface area (Å²) in [5.74, 6) is -1.57. The molecule has 0 spiro atoms. The molecule has 0 saturated carbocycles. The molecule has 0 radical (unpaired) electrons. The molecule has 0 unspecified atom stereocenters. The minimum absolute atomic E-state index is 0.306. The van der Waals surface area contributed by atoms with Gasteiger partial charge in [0.1, 0.15) is 0 Å². The highest BCUT2D eigenvalue weighted by molar-refractivity contribution is 9.10. The summed E-state index contributed by atoms with van der Waals surface area (Å²) < 4.78 is 0.797. The van der Waals surface area contributed by atoms with E-state index in [1.54, 1.807) is 30.3 Å². The number of halogens is 2. The number of anilines is 3. The molecule has 5 nitrogen and oxygen atoms in total. The molecule has 0 heterocycles. The molecule has 0 fully saturated rings. The zero-order valence-electron chi connectivity index (χ0n) is 10.7. The van der Waals surface area contributed by atoms with Crippen molar-refractivity contribution in [2.75, 3.05) is 16.4 Å². The van der Waals surface area contributed by atoms with Gasteiger partial charge in [0, 0.05) is 15.8 Å². The SMILES string of the molecule is Nc1ccc(NC(=O)C(=O)Nc2cccc(Br)c2)cc1Cl. The van der Waals surface area contributed by atoms with E-state index in [0.29, 0.717) is 22.1 Å². The maximum Gasteiger partial charge on any atom is 0.314 e. The predicted molar refractivity (Wildman–Crippen MR) is 87.3 cm³/mol. The normalized spacial score (nSPS) is 10.0. The second kappa shape index (κ2) is 6.60. The van der Waals surface area contributed by atoms with Crippen molar-refractivity contribution < 1.29 is 9.59 Å². The van der Waals surface area contributed by atoms with Gasteiger partial charge in [0.2, 0.25) is 0 Å². The molecule has 2 aromatic carbocycles. The highest BCUT2D eigenvalue weighted by atomic mass is 79.9. The highest BCUT2D eigenvalue weighted by Gasteiger charge is 2.14. The molecule has 7 heteroatoms. The first-order valence-corrected chi connectivity index (χ1v) is 7.06. The number of carbonyl (C=O) groups excluding carboxylic acids is 2. The molecule has 0 saturated heterocycles. The van der Waals surface area contributed by atoms with Crippen LogP contribution in [-0.4, -0.2) is 11.8 Å². The minimum atomic E-state index is -0.796. The van der Waals surface area contributed by atoms with Gasteiger partial charge in [0.05, 0.1) is 10.7 Å². The second-order valence-corrected chi connectivity index (χ2v) is 5.48. The Morgan fingerprint density at radius 3 is 2.19 bits per heavy atom. The summed E-state index contributed by atoms with van der Waals surface area (Å²) in [7, 11) is 0. The van der Waals surface area contributed by atoms with E-state index in [-0.39, 0.29) is 0 Å². The lowest BCUT2D eigenvalue weighted by Crippen LogP contribution is -2.29.